The molecule has 0 bridgehead atoms. The molecule has 0 aliphatic heterocycles. The first-order valence-electron chi connectivity index (χ1n) is 5.82. The largest absolute Gasteiger partial charge is 3.00 e. The van der Waals surface area contributed by atoms with Crippen LogP contribution in [0.4, 0.5) is 0 Å². The Hall–Kier alpha value is 1.54. The van der Waals surface area contributed by atoms with Gasteiger partial charge in [-0.15, -0.1) is 0 Å². The van der Waals surface area contributed by atoms with Crippen molar-refractivity contribution in [2.45, 2.75) is 79.1 Å². The predicted octanol–water partition coefficient (Wildman–Crippen LogP) is 0.490. The van der Waals surface area contributed by atoms with Crippen LogP contribution in [0.5, 0.6) is 0 Å². The molecule has 0 aliphatic carbocycles. The van der Waals surface area contributed by atoms with Gasteiger partial charge in [-0.05, 0) is 62.3 Å². The minimum Gasteiger partial charge on any atom is -1.00 e. The fourth-order valence-corrected chi connectivity index (χ4v) is 2.81. The summed E-state index contributed by atoms with van der Waals surface area (Å²) in [5.74, 6) is 0. The molecular formula is C12H31Al2LiO3. The molecule has 0 atom stereocenters. The van der Waals surface area contributed by atoms with Crippen molar-refractivity contribution < 1.29 is 35.9 Å². The van der Waals surface area contributed by atoms with Crippen LogP contribution in [0.25, 0.3) is 0 Å². The van der Waals surface area contributed by atoms with Crippen molar-refractivity contribution in [3.05, 3.63) is 0 Å². The molecule has 0 saturated heterocycles. The molecule has 0 aromatic rings. The van der Waals surface area contributed by atoms with E-state index in [4.69, 9.17) is 11.4 Å². The Bertz CT molecular complexity index is 194. The van der Waals surface area contributed by atoms with E-state index in [1.807, 2.05) is 62.3 Å². The van der Waals surface area contributed by atoms with Gasteiger partial charge in [0.15, 0.2) is 0 Å². The van der Waals surface area contributed by atoms with Gasteiger partial charge in [-0.25, -0.2) is 0 Å². The second kappa shape index (κ2) is 8.75. The Morgan fingerprint density at radius 2 is 0.778 bits per heavy atom. The normalized spacial score (nSPS) is 12.5. The van der Waals surface area contributed by atoms with Crippen LogP contribution in [-0.2, 0) is 11.4 Å². The quantitative estimate of drug-likeness (QED) is 0.706. The molecule has 3 nitrogen and oxygen atoms in total. The summed E-state index contributed by atoms with van der Waals surface area (Å²) in [7, 11) is 0. The summed E-state index contributed by atoms with van der Waals surface area (Å²) in [5.41, 5.74) is -0.686. The second-order valence-corrected chi connectivity index (χ2v) is 8.26. The molecular weight excluding hydrogens is 253 g/mol. The maximum Gasteiger partial charge on any atom is 3.00 e. The van der Waals surface area contributed by atoms with E-state index >= 15 is 0 Å². The molecule has 104 valence electrons. The van der Waals surface area contributed by atoms with Crippen LogP contribution in [0, 0.1) is 0 Å². The second-order valence-electron chi connectivity index (χ2n) is 6.98. The Morgan fingerprint density at radius 1 is 0.611 bits per heavy atom. The molecule has 18 heavy (non-hydrogen) atoms. The van der Waals surface area contributed by atoms with Gasteiger partial charge in [0.25, 0.3) is 0 Å². The van der Waals surface area contributed by atoms with Gasteiger partial charge >= 0.3 is 51.4 Å². The zero-order valence-corrected chi connectivity index (χ0v) is 16.2. The molecule has 0 radical (unpaired) electrons. The zero-order chi connectivity index (χ0) is 13.2. The molecule has 0 fully saturated rings. The van der Waals surface area contributed by atoms with Gasteiger partial charge in [-0.2, -0.15) is 0 Å². The van der Waals surface area contributed by atoms with E-state index < -0.39 is 15.1 Å². The average molecular weight is 284 g/mol. The van der Waals surface area contributed by atoms with Crippen LogP contribution in [0.3, 0.4) is 0 Å². The van der Waals surface area contributed by atoms with Crippen molar-refractivity contribution >= 4 is 32.5 Å². The Balaban J connectivity index is -0.0000000750. The van der Waals surface area contributed by atoms with Crippen LogP contribution in [0.2, 0.25) is 0 Å². The number of hydrogen-bond donors (Lipinski definition) is 0. The van der Waals surface area contributed by atoms with E-state index in [0.717, 1.165) is 0 Å². The Labute approximate surface area is 147 Å². The van der Waals surface area contributed by atoms with Gasteiger partial charge < -0.3 is 17.1 Å². The van der Waals surface area contributed by atoms with Gasteiger partial charge in [0.05, 0.1) is 0 Å². The van der Waals surface area contributed by atoms with Crippen LogP contribution < -0.4 is 18.9 Å². The third kappa shape index (κ3) is 17.5. The van der Waals surface area contributed by atoms with Crippen LogP contribution in [-0.4, -0.2) is 49.3 Å². The molecule has 0 N–H and O–H groups in total. The summed E-state index contributed by atoms with van der Waals surface area (Å²) in [5, 5.41) is 0. The first-order chi connectivity index (χ1) is 6.79. The summed E-state index contributed by atoms with van der Waals surface area (Å²) in [6, 6.07) is 0. The van der Waals surface area contributed by atoms with Crippen molar-refractivity contribution in [3.8, 4) is 0 Å². The third-order valence-corrected chi connectivity index (χ3v) is 4.05. The monoisotopic (exact) mass is 284 g/mol. The maximum absolute atomic E-state index is 5.88. The summed E-state index contributed by atoms with van der Waals surface area (Å²) >= 11 is -2.11. The fourth-order valence-electron chi connectivity index (χ4n) is 0.938. The minimum absolute atomic E-state index is 0. The van der Waals surface area contributed by atoms with E-state index in [0.29, 0.717) is 0 Å². The van der Waals surface area contributed by atoms with E-state index in [9.17, 15) is 0 Å². The molecule has 0 heterocycles. The van der Waals surface area contributed by atoms with Gasteiger partial charge in [0.1, 0.15) is 0 Å². The van der Waals surface area contributed by atoms with Crippen molar-refractivity contribution in [1.29, 1.82) is 0 Å². The summed E-state index contributed by atoms with van der Waals surface area (Å²) in [6.45, 7) is 18.2. The van der Waals surface area contributed by atoms with E-state index in [1.165, 1.54) is 0 Å². The smallest absolute Gasteiger partial charge is 1.00 e. The molecule has 0 amide bonds. The summed E-state index contributed by atoms with van der Waals surface area (Å²) in [6.07, 6.45) is 0. The first kappa shape index (κ1) is 24.6. The van der Waals surface area contributed by atoms with Crippen molar-refractivity contribution in [2.24, 2.45) is 0 Å². The van der Waals surface area contributed by atoms with Crippen molar-refractivity contribution in [2.75, 3.05) is 0 Å². The molecule has 0 unspecified atom stereocenters. The molecule has 0 saturated carbocycles. The molecule has 0 aliphatic rings. The van der Waals surface area contributed by atoms with Gasteiger partial charge in [0.2, 0.25) is 0 Å². The van der Waals surface area contributed by atoms with Crippen LogP contribution in [0.15, 0.2) is 0 Å². The van der Waals surface area contributed by atoms with Crippen LogP contribution in [0.1, 0.15) is 68.0 Å². The van der Waals surface area contributed by atoms with Crippen LogP contribution >= 0.6 is 0 Å². The standard InChI is InChI=1S/3C4H9O.2Al.Li.4H/c3*1-4(2,3)5;;;;;;;/h3*1-3H3;;;;;;;/q3*-1;2*+3;+1;4*-1. The number of rotatable bonds is 3. The number of hydrogen-bond acceptors (Lipinski definition) is 3. The molecule has 0 aromatic heterocycles. The maximum atomic E-state index is 5.88. The third-order valence-electron chi connectivity index (χ3n) is 1.35. The van der Waals surface area contributed by atoms with E-state index in [2.05, 4.69) is 0 Å². The fraction of sp³-hybridized carbons (Fsp3) is 1.00. The van der Waals surface area contributed by atoms with Crippen molar-refractivity contribution in [3.63, 3.8) is 0 Å². The predicted molar refractivity (Wildman–Crippen MR) is 78.5 cm³/mol. The van der Waals surface area contributed by atoms with E-state index in [-0.39, 0.29) is 58.7 Å². The SMILES string of the molecule is CC(C)(C)[O][Al]([O]C(C)(C)C)[O]C(C)(C)C.[Al+3].[H-].[H-].[H-].[H-].[Li+]. The van der Waals surface area contributed by atoms with Gasteiger partial charge in [0, 0.05) is 16.8 Å². The molecule has 0 rings (SSSR count). The van der Waals surface area contributed by atoms with Crippen molar-refractivity contribution in [1.82, 2.24) is 0 Å². The Morgan fingerprint density at radius 3 is 0.889 bits per heavy atom. The summed E-state index contributed by atoms with van der Waals surface area (Å²) < 4.78 is 17.7. The average Bonchev–Trinajstić information content (AvgIpc) is 1.70. The summed E-state index contributed by atoms with van der Waals surface area (Å²) in [4.78, 5) is 0. The molecule has 6 heteroatoms. The van der Waals surface area contributed by atoms with Gasteiger partial charge in [-0.3, -0.25) is 0 Å². The zero-order valence-electron chi connectivity index (χ0n) is 17.9. The minimum atomic E-state index is -2.11. The molecule has 0 aromatic carbocycles. The van der Waals surface area contributed by atoms with Gasteiger partial charge in [-0.1, -0.05) is 0 Å². The topological polar surface area (TPSA) is 27.7 Å². The molecule has 0 spiro atoms. The van der Waals surface area contributed by atoms with E-state index in [1.54, 1.807) is 0 Å². The Kier molecular flexibility index (Phi) is 11.9. The first-order valence-corrected chi connectivity index (χ1v) is 7.23.